The molecule has 0 saturated heterocycles. The Hall–Kier alpha value is -2.02. The second kappa shape index (κ2) is 8.58. The number of hydrogen-bond acceptors (Lipinski definition) is 4. The van der Waals surface area contributed by atoms with Crippen molar-refractivity contribution in [3.63, 3.8) is 0 Å². The Labute approximate surface area is 157 Å². The van der Waals surface area contributed by atoms with Crippen molar-refractivity contribution >= 4 is 29.1 Å². The largest absolute Gasteiger partial charge is 0.417 e. The zero-order valence-electron chi connectivity index (χ0n) is 15.7. The van der Waals surface area contributed by atoms with Crippen molar-refractivity contribution in [1.29, 1.82) is 0 Å². The van der Waals surface area contributed by atoms with Crippen LogP contribution in [0.5, 0.6) is 0 Å². The Morgan fingerprint density at radius 1 is 1.08 bits per heavy atom. The van der Waals surface area contributed by atoms with Crippen LogP contribution in [0.25, 0.3) is 0 Å². The summed E-state index contributed by atoms with van der Waals surface area (Å²) in [5, 5.41) is 5.66. The van der Waals surface area contributed by atoms with Gasteiger partial charge in [0.1, 0.15) is 5.82 Å². The molecule has 0 amide bonds. The fraction of sp³-hybridized carbons (Fsp3) is 0.444. The summed E-state index contributed by atoms with van der Waals surface area (Å²) in [6.45, 7) is 11.6. The first-order valence-electron chi connectivity index (χ1n) is 8.21. The van der Waals surface area contributed by atoms with E-state index in [9.17, 15) is 13.2 Å². The molecular formula is C18H24ClF3N4. The molecule has 26 heavy (non-hydrogen) atoms. The maximum Gasteiger partial charge on any atom is 0.417 e. The minimum absolute atomic E-state index is 0.240. The standard InChI is InChI=1S/C16H18ClF3N4.C2H6/c1-9-8-21-14(24-15(2,3)4)23-13(9)22-10-5-6-12(17)11(7-10)16(18,19)20;1-2/h5-8H,1-4H3,(H2,21,22,23,24);1-2H3. The number of hydrogen-bond donors (Lipinski definition) is 2. The average molecular weight is 389 g/mol. The molecule has 0 saturated carbocycles. The van der Waals surface area contributed by atoms with Crippen molar-refractivity contribution in [1.82, 2.24) is 9.97 Å². The molecule has 0 bridgehead atoms. The molecule has 8 heteroatoms. The highest BCUT2D eigenvalue weighted by atomic mass is 35.5. The molecule has 0 radical (unpaired) electrons. The van der Waals surface area contributed by atoms with E-state index < -0.39 is 11.7 Å². The molecular weight excluding hydrogens is 365 g/mol. The molecule has 4 nitrogen and oxygen atoms in total. The topological polar surface area (TPSA) is 49.8 Å². The summed E-state index contributed by atoms with van der Waals surface area (Å²) in [6.07, 6.45) is -2.92. The van der Waals surface area contributed by atoms with Crippen LogP contribution < -0.4 is 10.6 Å². The number of aromatic nitrogens is 2. The Morgan fingerprint density at radius 3 is 2.23 bits per heavy atom. The van der Waals surface area contributed by atoms with E-state index >= 15 is 0 Å². The van der Waals surface area contributed by atoms with E-state index in [0.717, 1.165) is 6.07 Å². The number of halogens is 4. The van der Waals surface area contributed by atoms with E-state index in [-0.39, 0.29) is 16.2 Å². The normalized spacial score (nSPS) is 11.5. The number of aryl methyl sites for hydroxylation is 1. The lowest BCUT2D eigenvalue weighted by molar-refractivity contribution is -0.137. The van der Waals surface area contributed by atoms with E-state index in [0.29, 0.717) is 17.3 Å². The van der Waals surface area contributed by atoms with Gasteiger partial charge in [0.05, 0.1) is 10.6 Å². The maximum absolute atomic E-state index is 12.9. The third-order valence-corrected chi connectivity index (χ3v) is 3.32. The average Bonchev–Trinajstić information content (AvgIpc) is 2.52. The minimum atomic E-state index is -4.52. The maximum atomic E-state index is 12.9. The summed E-state index contributed by atoms with van der Waals surface area (Å²) in [6, 6.07) is 3.63. The number of rotatable bonds is 3. The Morgan fingerprint density at radius 2 is 1.69 bits per heavy atom. The van der Waals surface area contributed by atoms with Crippen LogP contribution in [0.2, 0.25) is 5.02 Å². The first kappa shape index (κ1) is 22.0. The molecule has 0 aliphatic heterocycles. The van der Waals surface area contributed by atoms with Crippen LogP contribution in [-0.2, 0) is 6.18 Å². The van der Waals surface area contributed by atoms with Gasteiger partial charge < -0.3 is 10.6 Å². The Balaban J connectivity index is 0.00000163. The Bertz CT molecular complexity index is 740. The Kier molecular flexibility index (Phi) is 7.26. The van der Waals surface area contributed by atoms with Crippen LogP contribution >= 0.6 is 11.6 Å². The number of benzene rings is 1. The zero-order valence-corrected chi connectivity index (χ0v) is 16.5. The summed E-state index contributed by atoms with van der Waals surface area (Å²) >= 11 is 5.63. The summed E-state index contributed by atoms with van der Waals surface area (Å²) in [7, 11) is 0. The van der Waals surface area contributed by atoms with E-state index in [1.165, 1.54) is 12.1 Å². The zero-order chi connectivity index (χ0) is 20.1. The van der Waals surface area contributed by atoms with Gasteiger partial charge in [0.2, 0.25) is 5.95 Å². The molecule has 0 aliphatic carbocycles. The van der Waals surface area contributed by atoms with Crippen LogP contribution in [0.1, 0.15) is 45.7 Å². The smallest absolute Gasteiger partial charge is 0.350 e. The molecule has 1 aromatic heterocycles. The summed E-state index contributed by atoms with van der Waals surface area (Å²) < 4.78 is 38.8. The minimum Gasteiger partial charge on any atom is -0.350 e. The van der Waals surface area contributed by atoms with E-state index in [1.807, 2.05) is 34.6 Å². The summed E-state index contributed by atoms with van der Waals surface area (Å²) in [4.78, 5) is 8.49. The van der Waals surface area contributed by atoms with Gasteiger partial charge in [0.15, 0.2) is 0 Å². The lowest BCUT2D eigenvalue weighted by Gasteiger charge is -2.21. The molecule has 0 atom stereocenters. The second-order valence-corrected chi connectivity index (χ2v) is 6.82. The molecule has 0 fully saturated rings. The summed E-state index contributed by atoms with van der Waals surface area (Å²) in [5.41, 5.74) is -0.182. The molecule has 0 spiro atoms. The second-order valence-electron chi connectivity index (χ2n) is 6.42. The molecule has 2 aromatic rings. The van der Waals surface area contributed by atoms with Crippen LogP contribution in [0.15, 0.2) is 24.4 Å². The molecule has 2 rings (SSSR count). The van der Waals surface area contributed by atoms with Gasteiger partial charge in [-0.2, -0.15) is 18.2 Å². The van der Waals surface area contributed by atoms with Crippen molar-refractivity contribution in [2.75, 3.05) is 10.6 Å². The quantitative estimate of drug-likeness (QED) is 0.635. The van der Waals surface area contributed by atoms with Gasteiger partial charge in [0, 0.05) is 23.0 Å². The van der Waals surface area contributed by atoms with E-state index in [4.69, 9.17) is 11.6 Å². The third kappa shape index (κ3) is 6.37. The first-order valence-corrected chi connectivity index (χ1v) is 8.59. The van der Waals surface area contributed by atoms with Gasteiger partial charge in [-0.1, -0.05) is 25.4 Å². The molecule has 0 aliphatic rings. The van der Waals surface area contributed by atoms with Gasteiger partial charge in [-0.05, 0) is 45.9 Å². The molecule has 2 N–H and O–H groups in total. The van der Waals surface area contributed by atoms with Crippen molar-refractivity contribution < 1.29 is 13.2 Å². The molecule has 1 heterocycles. The van der Waals surface area contributed by atoms with Crippen LogP contribution in [0.4, 0.5) is 30.6 Å². The van der Waals surface area contributed by atoms with Crippen molar-refractivity contribution in [2.24, 2.45) is 0 Å². The predicted octanol–water partition coefficient (Wildman–Crippen LogP) is 6.44. The third-order valence-electron chi connectivity index (χ3n) is 2.99. The SMILES string of the molecule is CC.Cc1cnc(NC(C)(C)C)nc1Nc1ccc(Cl)c(C(F)(F)F)c1. The highest BCUT2D eigenvalue weighted by Crippen LogP contribution is 2.36. The number of nitrogens with zero attached hydrogens (tertiary/aromatic N) is 2. The van der Waals surface area contributed by atoms with E-state index in [2.05, 4.69) is 20.6 Å². The van der Waals surface area contributed by atoms with Crippen molar-refractivity contribution in [3.05, 3.63) is 40.5 Å². The number of nitrogens with one attached hydrogen (secondary N) is 2. The fourth-order valence-electron chi connectivity index (χ4n) is 1.92. The van der Waals surface area contributed by atoms with Gasteiger partial charge in [0.25, 0.3) is 0 Å². The van der Waals surface area contributed by atoms with Crippen molar-refractivity contribution in [2.45, 2.75) is 53.3 Å². The van der Waals surface area contributed by atoms with Crippen LogP contribution in [0, 0.1) is 6.92 Å². The highest BCUT2D eigenvalue weighted by Gasteiger charge is 2.33. The number of alkyl halides is 3. The lowest BCUT2D eigenvalue weighted by Crippen LogP contribution is -2.27. The lowest BCUT2D eigenvalue weighted by atomic mass is 10.1. The van der Waals surface area contributed by atoms with Gasteiger partial charge in [-0.25, -0.2) is 4.98 Å². The number of anilines is 3. The van der Waals surface area contributed by atoms with Crippen LogP contribution in [0.3, 0.4) is 0 Å². The summed E-state index contributed by atoms with van der Waals surface area (Å²) in [5.74, 6) is 0.813. The van der Waals surface area contributed by atoms with Gasteiger partial charge in [-0.3, -0.25) is 0 Å². The monoisotopic (exact) mass is 388 g/mol. The molecule has 144 valence electrons. The predicted molar refractivity (Wildman–Crippen MR) is 101 cm³/mol. The van der Waals surface area contributed by atoms with Crippen LogP contribution in [-0.4, -0.2) is 15.5 Å². The van der Waals surface area contributed by atoms with Crippen molar-refractivity contribution in [3.8, 4) is 0 Å². The molecule has 0 unspecified atom stereocenters. The molecule has 1 aromatic carbocycles. The van der Waals surface area contributed by atoms with Gasteiger partial charge >= 0.3 is 6.18 Å². The fourth-order valence-corrected chi connectivity index (χ4v) is 2.15. The highest BCUT2D eigenvalue weighted by molar-refractivity contribution is 6.31. The van der Waals surface area contributed by atoms with E-state index in [1.54, 1.807) is 13.1 Å². The van der Waals surface area contributed by atoms with Gasteiger partial charge in [-0.15, -0.1) is 0 Å². The first-order chi connectivity index (χ1) is 12.0.